The summed E-state index contributed by atoms with van der Waals surface area (Å²) < 4.78 is 0. The van der Waals surface area contributed by atoms with Crippen LogP contribution in [0.5, 0.6) is 0 Å². The van der Waals surface area contributed by atoms with Gasteiger partial charge in [-0.3, -0.25) is 0 Å². The molecule has 0 amide bonds. The highest BCUT2D eigenvalue weighted by atomic mass is 28.3. The smallest absolute Gasteiger partial charge is 0.0487 e. The zero-order valence-electron chi connectivity index (χ0n) is 11.1. The third kappa shape index (κ3) is 2.15. The van der Waals surface area contributed by atoms with Crippen LogP contribution < -0.4 is 0 Å². The molecule has 0 atom stereocenters. The van der Waals surface area contributed by atoms with Crippen LogP contribution in [-0.4, -0.2) is 8.07 Å². The summed E-state index contributed by atoms with van der Waals surface area (Å²) in [5.41, 5.74) is 7.69. The van der Waals surface area contributed by atoms with Crippen LogP contribution in [0, 0.1) is 13.8 Å². The topological polar surface area (TPSA) is 0 Å². The zero-order chi connectivity index (χ0) is 11.9. The predicted octanol–water partition coefficient (Wildman–Crippen LogP) is 4.58. The van der Waals surface area contributed by atoms with E-state index in [0.717, 1.165) is 6.42 Å². The van der Waals surface area contributed by atoms with Crippen molar-refractivity contribution in [2.45, 2.75) is 46.0 Å². The molecule has 16 heavy (non-hydrogen) atoms. The van der Waals surface area contributed by atoms with Crippen molar-refractivity contribution in [3.8, 4) is 0 Å². The Bertz CT molecular complexity index is 447. The molecule has 0 aliphatic heterocycles. The van der Waals surface area contributed by atoms with E-state index in [0.29, 0.717) is 0 Å². The fraction of sp³-hybridized carbons (Fsp3) is 0.467. The lowest BCUT2D eigenvalue weighted by molar-refractivity contribution is 1.22. The first-order valence-electron chi connectivity index (χ1n) is 6.17. The van der Waals surface area contributed by atoms with E-state index < -0.39 is 8.07 Å². The van der Waals surface area contributed by atoms with Crippen molar-refractivity contribution in [1.29, 1.82) is 0 Å². The zero-order valence-corrected chi connectivity index (χ0v) is 12.1. The Balaban J connectivity index is 2.41. The lowest BCUT2D eigenvalue weighted by Gasteiger charge is -2.19. The second-order valence-corrected chi connectivity index (χ2v) is 11.7. The van der Waals surface area contributed by atoms with Gasteiger partial charge in [0.1, 0.15) is 0 Å². The summed E-state index contributed by atoms with van der Waals surface area (Å²) in [7, 11) is -0.999. The van der Waals surface area contributed by atoms with Crippen LogP contribution in [0.15, 0.2) is 18.2 Å². The minimum atomic E-state index is -0.999. The molecule has 0 unspecified atom stereocenters. The molecule has 1 aliphatic rings. The summed E-state index contributed by atoms with van der Waals surface area (Å²) in [4.78, 5) is 0. The normalized spacial score (nSPS) is 14.9. The van der Waals surface area contributed by atoms with Crippen LogP contribution in [0.4, 0.5) is 0 Å². The fourth-order valence-corrected chi connectivity index (χ4v) is 4.10. The number of benzene rings is 1. The first kappa shape index (κ1) is 11.7. The summed E-state index contributed by atoms with van der Waals surface area (Å²) in [5.74, 6) is 0. The SMILES string of the molecule is Cc1ccc(C)c2c1CC=C2C[Si](C)(C)C. The Morgan fingerprint density at radius 1 is 1.06 bits per heavy atom. The van der Waals surface area contributed by atoms with Crippen LogP contribution in [0.1, 0.15) is 22.3 Å². The maximum Gasteiger partial charge on any atom is 0.0487 e. The van der Waals surface area contributed by atoms with Crippen molar-refractivity contribution in [3.05, 3.63) is 40.5 Å². The van der Waals surface area contributed by atoms with Gasteiger partial charge in [-0.2, -0.15) is 0 Å². The van der Waals surface area contributed by atoms with Crippen molar-refractivity contribution in [2.75, 3.05) is 0 Å². The highest BCUT2D eigenvalue weighted by molar-refractivity contribution is 6.77. The number of allylic oxidation sites excluding steroid dienone is 2. The molecular formula is C15H22Si. The van der Waals surface area contributed by atoms with E-state index in [2.05, 4.69) is 51.7 Å². The minimum Gasteiger partial charge on any atom is -0.0766 e. The minimum absolute atomic E-state index is 0.999. The van der Waals surface area contributed by atoms with E-state index in [9.17, 15) is 0 Å². The van der Waals surface area contributed by atoms with Gasteiger partial charge in [-0.05, 0) is 54.1 Å². The van der Waals surface area contributed by atoms with Crippen LogP contribution >= 0.6 is 0 Å². The van der Waals surface area contributed by atoms with Crippen LogP contribution in [-0.2, 0) is 6.42 Å². The molecule has 0 nitrogen and oxygen atoms in total. The molecule has 2 rings (SSSR count). The Kier molecular flexibility index (Phi) is 2.83. The Morgan fingerprint density at radius 3 is 2.31 bits per heavy atom. The van der Waals surface area contributed by atoms with E-state index in [1.54, 1.807) is 16.7 Å². The average Bonchev–Trinajstić information content (AvgIpc) is 2.54. The second-order valence-electron chi connectivity index (χ2n) is 6.22. The lowest BCUT2D eigenvalue weighted by Crippen LogP contribution is -2.19. The summed E-state index contributed by atoms with van der Waals surface area (Å²) >= 11 is 0. The van der Waals surface area contributed by atoms with Gasteiger partial charge in [-0.25, -0.2) is 0 Å². The van der Waals surface area contributed by atoms with Crippen molar-refractivity contribution < 1.29 is 0 Å². The molecule has 0 aromatic heterocycles. The largest absolute Gasteiger partial charge is 0.0766 e. The number of hydrogen-bond acceptors (Lipinski definition) is 0. The van der Waals surface area contributed by atoms with Gasteiger partial charge in [-0.1, -0.05) is 37.8 Å². The standard InChI is InChI=1S/C15H22Si/c1-11-6-7-12(2)15-13(8-9-14(11)15)10-16(3,4)5/h6-8H,9-10H2,1-5H3. The number of fused-ring (bicyclic) bond motifs is 1. The predicted molar refractivity (Wildman–Crippen MR) is 75.8 cm³/mol. The first-order valence-corrected chi connectivity index (χ1v) is 9.88. The number of hydrogen-bond donors (Lipinski definition) is 0. The lowest BCUT2D eigenvalue weighted by atomic mass is 9.97. The van der Waals surface area contributed by atoms with Crippen LogP contribution in [0.3, 0.4) is 0 Å². The molecule has 86 valence electrons. The van der Waals surface area contributed by atoms with Crippen LogP contribution in [0.2, 0.25) is 25.7 Å². The molecule has 1 aromatic carbocycles. The number of rotatable bonds is 2. The van der Waals surface area contributed by atoms with E-state index >= 15 is 0 Å². The maximum atomic E-state index is 2.46. The van der Waals surface area contributed by atoms with Crippen molar-refractivity contribution in [2.24, 2.45) is 0 Å². The summed E-state index contributed by atoms with van der Waals surface area (Å²) in [6.07, 6.45) is 3.62. The molecule has 0 radical (unpaired) electrons. The van der Waals surface area contributed by atoms with E-state index in [1.165, 1.54) is 17.2 Å². The third-order valence-corrected chi connectivity index (χ3v) is 4.79. The molecule has 0 spiro atoms. The Morgan fingerprint density at radius 2 is 1.69 bits per heavy atom. The van der Waals surface area contributed by atoms with Gasteiger partial charge in [0.25, 0.3) is 0 Å². The van der Waals surface area contributed by atoms with Gasteiger partial charge in [0.2, 0.25) is 0 Å². The van der Waals surface area contributed by atoms with Gasteiger partial charge in [-0.15, -0.1) is 0 Å². The molecule has 0 saturated carbocycles. The summed E-state index contributed by atoms with van der Waals surface area (Å²) in [6.45, 7) is 11.9. The molecule has 1 aliphatic carbocycles. The molecule has 0 N–H and O–H groups in total. The monoisotopic (exact) mass is 230 g/mol. The third-order valence-electron chi connectivity index (χ3n) is 3.35. The van der Waals surface area contributed by atoms with Crippen molar-refractivity contribution in [1.82, 2.24) is 0 Å². The van der Waals surface area contributed by atoms with Crippen molar-refractivity contribution in [3.63, 3.8) is 0 Å². The average molecular weight is 230 g/mol. The molecule has 0 fully saturated rings. The highest BCUT2D eigenvalue weighted by Gasteiger charge is 2.23. The first-order chi connectivity index (χ1) is 7.38. The Labute approximate surface area is 100 Å². The molecule has 1 heteroatoms. The molecule has 0 bridgehead atoms. The molecular weight excluding hydrogens is 208 g/mol. The van der Waals surface area contributed by atoms with E-state index in [1.807, 2.05) is 0 Å². The van der Waals surface area contributed by atoms with Gasteiger partial charge in [0, 0.05) is 8.07 Å². The quantitative estimate of drug-likeness (QED) is 0.652. The summed E-state index contributed by atoms with van der Waals surface area (Å²) in [5, 5.41) is 0. The second kappa shape index (κ2) is 3.88. The maximum absolute atomic E-state index is 2.46. The van der Waals surface area contributed by atoms with E-state index in [4.69, 9.17) is 0 Å². The van der Waals surface area contributed by atoms with Crippen LogP contribution in [0.25, 0.3) is 5.57 Å². The molecule has 0 saturated heterocycles. The van der Waals surface area contributed by atoms with Gasteiger partial charge in [0.15, 0.2) is 0 Å². The van der Waals surface area contributed by atoms with Crippen molar-refractivity contribution >= 4 is 13.6 Å². The molecule has 0 heterocycles. The number of aryl methyl sites for hydroxylation is 2. The highest BCUT2D eigenvalue weighted by Crippen LogP contribution is 2.37. The fourth-order valence-electron chi connectivity index (χ4n) is 2.64. The van der Waals surface area contributed by atoms with Gasteiger partial charge < -0.3 is 0 Å². The van der Waals surface area contributed by atoms with Gasteiger partial charge in [0.05, 0.1) is 0 Å². The summed E-state index contributed by atoms with van der Waals surface area (Å²) in [6, 6.07) is 5.86. The van der Waals surface area contributed by atoms with Gasteiger partial charge >= 0.3 is 0 Å². The van der Waals surface area contributed by atoms with E-state index in [-0.39, 0.29) is 0 Å². The molecule has 1 aromatic rings. The Hall–Kier alpha value is -0.823.